The van der Waals surface area contributed by atoms with Crippen molar-refractivity contribution in [2.24, 2.45) is 0 Å². The van der Waals surface area contributed by atoms with Gasteiger partial charge in [-0.05, 0) is 24.3 Å². The number of nitrogens with zero attached hydrogens (tertiary/aromatic N) is 3. The van der Waals surface area contributed by atoms with Gasteiger partial charge in [-0.2, -0.15) is 5.21 Å². The third kappa shape index (κ3) is 2.92. The van der Waals surface area contributed by atoms with E-state index in [1.807, 2.05) is 0 Å². The van der Waals surface area contributed by atoms with Crippen molar-refractivity contribution in [3.63, 3.8) is 0 Å². The lowest BCUT2D eigenvalue weighted by molar-refractivity contribution is -0.138. The van der Waals surface area contributed by atoms with E-state index in [0.29, 0.717) is 17.0 Å². The first-order valence-electron chi connectivity index (χ1n) is 5.45. The molecule has 0 saturated carbocycles. The predicted octanol–water partition coefficient (Wildman–Crippen LogP) is 0.0696. The smallest absolute Gasteiger partial charge is 0.325 e. The van der Waals surface area contributed by atoms with E-state index in [0.717, 1.165) is 0 Å². The second kappa shape index (κ2) is 5.25. The van der Waals surface area contributed by atoms with Crippen LogP contribution in [0, 0.1) is 0 Å². The average molecular weight is 261 g/mol. The van der Waals surface area contributed by atoms with Crippen molar-refractivity contribution >= 4 is 11.9 Å². The van der Waals surface area contributed by atoms with Gasteiger partial charge in [-0.1, -0.05) is 12.1 Å². The molecule has 1 aromatic heterocycles. The highest BCUT2D eigenvalue weighted by atomic mass is 16.4. The number of benzene rings is 1. The van der Waals surface area contributed by atoms with E-state index in [9.17, 15) is 9.59 Å². The minimum atomic E-state index is -1.09. The number of hydrogen-bond acceptors (Lipinski definition) is 5. The summed E-state index contributed by atoms with van der Waals surface area (Å²) in [5.74, 6) is -1.11. The largest absolute Gasteiger partial charge is 0.480 e. The summed E-state index contributed by atoms with van der Waals surface area (Å²) in [5, 5.41) is 24.4. The molecule has 0 saturated heterocycles. The van der Waals surface area contributed by atoms with Crippen molar-refractivity contribution in [1.29, 1.82) is 0 Å². The number of amides is 1. The summed E-state index contributed by atoms with van der Waals surface area (Å²) >= 11 is 0. The summed E-state index contributed by atoms with van der Waals surface area (Å²) in [5.41, 5.74) is 1.07. The molecule has 1 atom stereocenters. The van der Waals surface area contributed by atoms with Crippen LogP contribution in [-0.2, 0) is 4.79 Å². The second-order valence-corrected chi connectivity index (χ2v) is 3.85. The van der Waals surface area contributed by atoms with Crippen molar-refractivity contribution in [2.45, 2.75) is 13.0 Å². The summed E-state index contributed by atoms with van der Waals surface area (Å²) in [6.45, 7) is 1.40. The quantitative estimate of drug-likeness (QED) is 0.716. The molecule has 0 aliphatic heterocycles. The summed E-state index contributed by atoms with van der Waals surface area (Å²) in [6.07, 6.45) is 0. The molecule has 2 rings (SSSR count). The van der Waals surface area contributed by atoms with Gasteiger partial charge < -0.3 is 10.4 Å². The minimum absolute atomic E-state index is 0.361. The van der Waals surface area contributed by atoms with Crippen LogP contribution in [0.4, 0.5) is 0 Å². The van der Waals surface area contributed by atoms with E-state index in [1.165, 1.54) is 6.92 Å². The number of aromatic amines is 1. The molecule has 0 fully saturated rings. The van der Waals surface area contributed by atoms with Gasteiger partial charge in [0.1, 0.15) is 6.04 Å². The standard InChI is InChI=1S/C11H11N5O3/c1-6(11(18)19)12-10(17)8-4-2-7(3-5-8)9-13-15-16-14-9/h2-6H,1H3,(H,12,17)(H,18,19)(H,13,14,15,16)/t6-/m0/s1. The van der Waals surface area contributed by atoms with E-state index in [4.69, 9.17) is 5.11 Å². The van der Waals surface area contributed by atoms with Crippen LogP contribution >= 0.6 is 0 Å². The van der Waals surface area contributed by atoms with Gasteiger partial charge in [0.05, 0.1) is 0 Å². The second-order valence-electron chi connectivity index (χ2n) is 3.85. The molecule has 0 bridgehead atoms. The molecule has 8 nitrogen and oxygen atoms in total. The fraction of sp³-hybridized carbons (Fsp3) is 0.182. The van der Waals surface area contributed by atoms with E-state index in [2.05, 4.69) is 25.9 Å². The van der Waals surface area contributed by atoms with Gasteiger partial charge in [0.25, 0.3) is 5.91 Å². The summed E-state index contributed by atoms with van der Waals surface area (Å²) in [4.78, 5) is 22.4. The molecule has 1 amide bonds. The Morgan fingerprint density at radius 1 is 1.32 bits per heavy atom. The first-order valence-corrected chi connectivity index (χ1v) is 5.45. The molecular weight excluding hydrogens is 250 g/mol. The van der Waals surface area contributed by atoms with Gasteiger partial charge in [-0.25, -0.2) is 0 Å². The van der Waals surface area contributed by atoms with Crippen LogP contribution in [0.3, 0.4) is 0 Å². The molecular formula is C11H11N5O3. The van der Waals surface area contributed by atoms with Crippen LogP contribution in [-0.4, -0.2) is 43.6 Å². The monoisotopic (exact) mass is 261 g/mol. The van der Waals surface area contributed by atoms with Gasteiger partial charge >= 0.3 is 5.97 Å². The maximum Gasteiger partial charge on any atom is 0.325 e. The molecule has 19 heavy (non-hydrogen) atoms. The van der Waals surface area contributed by atoms with Crippen LogP contribution in [0.1, 0.15) is 17.3 Å². The maximum atomic E-state index is 11.7. The number of rotatable bonds is 4. The summed E-state index contributed by atoms with van der Waals surface area (Å²) < 4.78 is 0. The number of H-pyrrole nitrogens is 1. The number of tetrazole rings is 1. The summed E-state index contributed by atoms with van der Waals surface area (Å²) in [6, 6.07) is 5.51. The lowest BCUT2D eigenvalue weighted by atomic mass is 10.1. The number of carboxylic acid groups (broad SMARTS) is 1. The molecule has 0 radical (unpaired) electrons. The Kier molecular flexibility index (Phi) is 3.51. The Morgan fingerprint density at radius 2 is 2.00 bits per heavy atom. The Bertz CT molecular complexity index is 579. The Hall–Kier alpha value is -2.77. The van der Waals surface area contributed by atoms with Gasteiger partial charge in [0.2, 0.25) is 5.82 Å². The fourth-order valence-corrected chi connectivity index (χ4v) is 1.40. The van der Waals surface area contributed by atoms with Crippen LogP contribution in [0.5, 0.6) is 0 Å². The number of aromatic nitrogens is 4. The highest BCUT2D eigenvalue weighted by Crippen LogP contribution is 2.13. The van der Waals surface area contributed by atoms with E-state index >= 15 is 0 Å². The van der Waals surface area contributed by atoms with Gasteiger partial charge in [0.15, 0.2) is 0 Å². The SMILES string of the molecule is C[C@H](NC(=O)c1ccc(-c2nn[nH]n2)cc1)C(=O)O. The van der Waals surface area contributed by atoms with Crippen molar-refractivity contribution < 1.29 is 14.7 Å². The Morgan fingerprint density at radius 3 is 2.53 bits per heavy atom. The zero-order chi connectivity index (χ0) is 13.8. The third-order valence-electron chi connectivity index (χ3n) is 2.47. The number of aliphatic carboxylic acids is 1. The molecule has 3 N–H and O–H groups in total. The molecule has 0 aliphatic rings. The van der Waals surface area contributed by atoms with E-state index in [-0.39, 0.29) is 0 Å². The normalized spacial score (nSPS) is 11.8. The average Bonchev–Trinajstić information content (AvgIpc) is 2.92. The Labute approximate surface area is 107 Å². The molecule has 1 heterocycles. The van der Waals surface area contributed by atoms with Crippen molar-refractivity contribution in [2.75, 3.05) is 0 Å². The van der Waals surface area contributed by atoms with Crippen molar-refractivity contribution in [3.05, 3.63) is 29.8 Å². The van der Waals surface area contributed by atoms with E-state index in [1.54, 1.807) is 24.3 Å². The van der Waals surface area contributed by atoms with Crippen LogP contribution < -0.4 is 5.32 Å². The first kappa shape index (κ1) is 12.7. The fourth-order valence-electron chi connectivity index (χ4n) is 1.40. The van der Waals surface area contributed by atoms with Crippen LogP contribution in [0.25, 0.3) is 11.4 Å². The third-order valence-corrected chi connectivity index (χ3v) is 2.47. The lowest BCUT2D eigenvalue weighted by Gasteiger charge is -2.09. The van der Waals surface area contributed by atoms with Crippen molar-refractivity contribution in [3.8, 4) is 11.4 Å². The summed E-state index contributed by atoms with van der Waals surface area (Å²) in [7, 11) is 0. The number of carbonyl (C=O) groups excluding carboxylic acids is 1. The van der Waals surface area contributed by atoms with Gasteiger partial charge in [-0.3, -0.25) is 9.59 Å². The van der Waals surface area contributed by atoms with Gasteiger partial charge in [0, 0.05) is 11.1 Å². The highest BCUT2D eigenvalue weighted by molar-refractivity contribution is 5.96. The zero-order valence-electron chi connectivity index (χ0n) is 9.99. The molecule has 2 aromatic rings. The molecule has 0 spiro atoms. The Balaban J connectivity index is 2.10. The van der Waals surface area contributed by atoms with Crippen LogP contribution in [0.2, 0.25) is 0 Å². The number of nitrogens with one attached hydrogen (secondary N) is 2. The zero-order valence-corrected chi connectivity index (χ0v) is 9.99. The molecule has 0 aliphatic carbocycles. The minimum Gasteiger partial charge on any atom is -0.480 e. The first-order chi connectivity index (χ1) is 9.08. The lowest BCUT2D eigenvalue weighted by Crippen LogP contribution is -2.38. The maximum absolute atomic E-state index is 11.7. The number of hydrogen-bond donors (Lipinski definition) is 3. The van der Waals surface area contributed by atoms with Crippen molar-refractivity contribution in [1.82, 2.24) is 25.9 Å². The van der Waals surface area contributed by atoms with E-state index < -0.39 is 17.9 Å². The van der Waals surface area contributed by atoms with Gasteiger partial charge in [-0.15, -0.1) is 10.2 Å². The molecule has 1 aromatic carbocycles. The molecule has 0 unspecified atom stereocenters. The molecule has 98 valence electrons. The number of carbonyl (C=O) groups is 2. The molecule has 8 heteroatoms. The predicted molar refractivity (Wildman–Crippen MR) is 64.2 cm³/mol. The topological polar surface area (TPSA) is 121 Å². The number of carboxylic acids is 1. The van der Waals surface area contributed by atoms with Crippen LogP contribution in [0.15, 0.2) is 24.3 Å². The highest BCUT2D eigenvalue weighted by Gasteiger charge is 2.15.